The molecule has 0 fully saturated rings. The first-order chi connectivity index (χ1) is 8.52. The van der Waals surface area contributed by atoms with E-state index in [0.29, 0.717) is 5.02 Å². The first-order valence-corrected chi connectivity index (χ1v) is 5.93. The highest BCUT2D eigenvalue weighted by atomic mass is 35.5. The normalized spacial score (nSPS) is 12.0. The number of rotatable bonds is 6. The monoisotopic (exact) mass is 275 g/mol. The van der Waals surface area contributed by atoms with Crippen LogP contribution in [0.4, 0.5) is 10.1 Å². The lowest BCUT2D eigenvalue weighted by atomic mass is 10.2. The summed E-state index contributed by atoms with van der Waals surface area (Å²) in [4.78, 5) is 11.1. The highest BCUT2D eigenvalue weighted by Crippen LogP contribution is 2.18. The fourth-order valence-corrected chi connectivity index (χ4v) is 1.50. The standard InChI is InChI=1S/C12H15ClFNO3/c1-2-18-12(17)6-9(16)7-15-11-4-3-8(13)5-10(11)14/h3-5,9,15-16H,2,6-7H2,1H3. The number of aliphatic hydroxyl groups is 1. The second-order valence-electron chi connectivity index (χ2n) is 3.67. The second-order valence-corrected chi connectivity index (χ2v) is 4.10. The molecule has 1 aromatic rings. The maximum absolute atomic E-state index is 13.4. The summed E-state index contributed by atoms with van der Waals surface area (Å²) in [6.07, 6.45) is -1.06. The van der Waals surface area contributed by atoms with Gasteiger partial charge in [0.15, 0.2) is 0 Å². The summed E-state index contributed by atoms with van der Waals surface area (Å²) < 4.78 is 18.0. The number of hydrogen-bond acceptors (Lipinski definition) is 4. The molecule has 1 rings (SSSR count). The van der Waals surface area contributed by atoms with E-state index < -0.39 is 17.9 Å². The number of halogens is 2. The van der Waals surface area contributed by atoms with Crippen LogP contribution in [0.3, 0.4) is 0 Å². The molecule has 0 spiro atoms. The topological polar surface area (TPSA) is 58.6 Å². The van der Waals surface area contributed by atoms with Crippen LogP contribution in [0.5, 0.6) is 0 Å². The lowest BCUT2D eigenvalue weighted by Gasteiger charge is -2.12. The van der Waals surface area contributed by atoms with Gasteiger partial charge in [0.2, 0.25) is 0 Å². The van der Waals surface area contributed by atoms with Crippen LogP contribution >= 0.6 is 11.6 Å². The molecule has 1 aromatic carbocycles. The Kier molecular flexibility index (Phi) is 5.88. The SMILES string of the molecule is CCOC(=O)CC(O)CNc1ccc(Cl)cc1F. The maximum Gasteiger partial charge on any atom is 0.308 e. The number of esters is 1. The average molecular weight is 276 g/mol. The summed E-state index contributed by atoms with van der Waals surface area (Å²) in [5.41, 5.74) is 0.224. The van der Waals surface area contributed by atoms with E-state index in [1.165, 1.54) is 18.2 Å². The van der Waals surface area contributed by atoms with Gasteiger partial charge in [0.05, 0.1) is 24.8 Å². The zero-order valence-corrected chi connectivity index (χ0v) is 10.7. The number of carbonyl (C=O) groups excluding carboxylic acids is 1. The molecule has 1 atom stereocenters. The number of aliphatic hydroxyl groups excluding tert-OH is 1. The molecule has 0 bridgehead atoms. The smallest absolute Gasteiger partial charge is 0.308 e. The van der Waals surface area contributed by atoms with Gasteiger partial charge in [-0.2, -0.15) is 0 Å². The summed E-state index contributed by atoms with van der Waals surface area (Å²) in [5, 5.41) is 12.5. The van der Waals surface area contributed by atoms with E-state index in [0.717, 1.165) is 0 Å². The molecule has 0 heterocycles. The summed E-state index contributed by atoms with van der Waals surface area (Å²) >= 11 is 5.60. The van der Waals surface area contributed by atoms with Crippen molar-refractivity contribution >= 4 is 23.3 Å². The average Bonchev–Trinajstić information content (AvgIpc) is 2.28. The van der Waals surface area contributed by atoms with Gasteiger partial charge in [0.25, 0.3) is 0 Å². The van der Waals surface area contributed by atoms with E-state index in [1.807, 2.05) is 0 Å². The molecule has 18 heavy (non-hydrogen) atoms. The summed E-state index contributed by atoms with van der Waals surface area (Å²) in [6.45, 7) is 2.01. The largest absolute Gasteiger partial charge is 0.466 e. The molecule has 0 saturated carbocycles. The van der Waals surface area contributed by atoms with Crippen LogP contribution in [0.25, 0.3) is 0 Å². The van der Waals surface area contributed by atoms with E-state index in [-0.39, 0.29) is 25.3 Å². The molecule has 4 nitrogen and oxygen atoms in total. The number of carbonyl (C=O) groups is 1. The van der Waals surface area contributed by atoms with Gasteiger partial charge in [-0.15, -0.1) is 0 Å². The first kappa shape index (κ1) is 14.7. The van der Waals surface area contributed by atoms with E-state index in [9.17, 15) is 14.3 Å². The lowest BCUT2D eigenvalue weighted by Crippen LogP contribution is -2.24. The van der Waals surface area contributed by atoms with Crippen LogP contribution in [0.2, 0.25) is 5.02 Å². The number of benzene rings is 1. The van der Waals surface area contributed by atoms with Crippen molar-refractivity contribution in [2.75, 3.05) is 18.5 Å². The van der Waals surface area contributed by atoms with Crippen LogP contribution in [0.1, 0.15) is 13.3 Å². The van der Waals surface area contributed by atoms with E-state index in [1.54, 1.807) is 6.92 Å². The van der Waals surface area contributed by atoms with Crippen molar-refractivity contribution in [3.05, 3.63) is 29.0 Å². The van der Waals surface area contributed by atoms with Gasteiger partial charge in [-0.3, -0.25) is 4.79 Å². The number of nitrogens with one attached hydrogen (secondary N) is 1. The minimum absolute atomic E-state index is 0.0529. The Hall–Kier alpha value is -1.33. The zero-order valence-electron chi connectivity index (χ0n) is 9.95. The van der Waals surface area contributed by atoms with E-state index >= 15 is 0 Å². The Morgan fingerprint density at radius 2 is 2.33 bits per heavy atom. The molecule has 2 N–H and O–H groups in total. The highest BCUT2D eigenvalue weighted by Gasteiger charge is 2.12. The van der Waals surface area contributed by atoms with Gasteiger partial charge < -0.3 is 15.2 Å². The third kappa shape index (κ3) is 4.89. The summed E-state index contributed by atoms with van der Waals surface area (Å²) in [5.74, 6) is -0.991. The Labute approximate surface area is 110 Å². The van der Waals surface area contributed by atoms with Crippen molar-refractivity contribution < 1.29 is 19.0 Å². The molecule has 0 aliphatic carbocycles. The van der Waals surface area contributed by atoms with Crippen molar-refractivity contribution in [1.29, 1.82) is 0 Å². The van der Waals surface area contributed by atoms with Crippen LogP contribution in [-0.2, 0) is 9.53 Å². The van der Waals surface area contributed by atoms with Crippen molar-refractivity contribution in [3.8, 4) is 0 Å². The van der Waals surface area contributed by atoms with Crippen molar-refractivity contribution in [2.45, 2.75) is 19.4 Å². The molecule has 100 valence electrons. The van der Waals surface area contributed by atoms with E-state index in [4.69, 9.17) is 11.6 Å². The van der Waals surface area contributed by atoms with Crippen LogP contribution < -0.4 is 5.32 Å². The molecule has 0 radical (unpaired) electrons. The maximum atomic E-state index is 13.4. The molecule has 1 unspecified atom stereocenters. The van der Waals surface area contributed by atoms with Crippen LogP contribution in [-0.4, -0.2) is 30.3 Å². The van der Waals surface area contributed by atoms with Gasteiger partial charge >= 0.3 is 5.97 Å². The zero-order chi connectivity index (χ0) is 13.5. The number of hydrogen-bond donors (Lipinski definition) is 2. The van der Waals surface area contributed by atoms with Gasteiger partial charge in [0.1, 0.15) is 5.82 Å². The van der Waals surface area contributed by atoms with Gasteiger partial charge in [-0.05, 0) is 25.1 Å². The lowest BCUT2D eigenvalue weighted by molar-refractivity contribution is -0.145. The molecule has 0 aromatic heterocycles. The van der Waals surface area contributed by atoms with Gasteiger partial charge in [-0.1, -0.05) is 11.6 Å². The van der Waals surface area contributed by atoms with Crippen molar-refractivity contribution in [3.63, 3.8) is 0 Å². The first-order valence-electron chi connectivity index (χ1n) is 5.55. The molecule has 0 amide bonds. The Morgan fingerprint density at radius 3 is 2.94 bits per heavy atom. The fourth-order valence-electron chi connectivity index (χ4n) is 1.35. The predicted molar refractivity (Wildman–Crippen MR) is 67.2 cm³/mol. The number of ether oxygens (including phenoxy) is 1. The number of anilines is 1. The third-order valence-electron chi connectivity index (χ3n) is 2.17. The molecule has 6 heteroatoms. The Balaban J connectivity index is 2.42. The van der Waals surface area contributed by atoms with E-state index in [2.05, 4.69) is 10.1 Å². The molecular weight excluding hydrogens is 261 g/mol. The minimum Gasteiger partial charge on any atom is -0.466 e. The summed E-state index contributed by atoms with van der Waals surface area (Å²) in [6, 6.07) is 4.17. The van der Waals surface area contributed by atoms with Gasteiger partial charge in [0, 0.05) is 11.6 Å². The Morgan fingerprint density at radius 1 is 1.61 bits per heavy atom. The quantitative estimate of drug-likeness (QED) is 0.782. The van der Waals surface area contributed by atoms with Crippen LogP contribution in [0.15, 0.2) is 18.2 Å². The predicted octanol–water partition coefficient (Wildman–Crippen LogP) is 2.21. The van der Waals surface area contributed by atoms with Crippen molar-refractivity contribution in [1.82, 2.24) is 0 Å². The molecule has 0 saturated heterocycles. The molecule has 0 aliphatic rings. The van der Waals surface area contributed by atoms with Crippen molar-refractivity contribution in [2.24, 2.45) is 0 Å². The van der Waals surface area contributed by atoms with Gasteiger partial charge in [-0.25, -0.2) is 4.39 Å². The third-order valence-corrected chi connectivity index (χ3v) is 2.40. The summed E-state index contributed by atoms with van der Waals surface area (Å²) in [7, 11) is 0. The minimum atomic E-state index is -0.931. The van der Waals surface area contributed by atoms with Crippen LogP contribution in [0, 0.1) is 5.82 Å². The Bertz CT molecular complexity index is 414. The highest BCUT2D eigenvalue weighted by molar-refractivity contribution is 6.30. The molecule has 0 aliphatic heterocycles. The fraction of sp³-hybridized carbons (Fsp3) is 0.417. The second kappa shape index (κ2) is 7.18. The molecular formula is C12H15ClFNO3.